The molecule has 2 aromatic heterocycles. The summed E-state index contributed by atoms with van der Waals surface area (Å²) in [6, 6.07) is 0.892. The number of aryl methyl sites for hydroxylation is 1. The molecule has 3 aromatic rings. The van der Waals surface area contributed by atoms with Crippen LogP contribution in [0.25, 0.3) is 11.0 Å². The van der Waals surface area contributed by atoms with E-state index in [0.29, 0.717) is 17.8 Å². The minimum absolute atomic E-state index is 0.0351. The molecule has 1 aromatic carbocycles. The third-order valence-electron chi connectivity index (χ3n) is 7.39. The highest BCUT2D eigenvalue weighted by Crippen LogP contribution is 2.41. The van der Waals surface area contributed by atoms with Gasteiger partial charge in [0, 0.05) is 39.7 Å². The number of nitrogens with one attached hydrogen (secondary N) is 1. The summed E-state index contributed by atoms with van der Waals surface area (Å²) in [4.78, 5) is 31.1. The van der Waals surface area contributed by atoms with Crippen LogP contribution in [0.15, 0.2) is 18.7 Å². The van der Waals surface area contributed by atoms with Crippen molar-refractivity contribution >= 4 is 38.9 Å². The number of halogens is 2. The third kappa shape index (κ3) is 4.46. The number of nitrogens with zero attached hydrogens (tertiary/aromatic N) is 5. The van der Waals surface area contributed by atoms with Crippen LogP contribution in [0.5, 0.6) is 0 Å². The first kappa shape index (κ1) is 27.5. The summed E-state index contributed by atoms with van der Waals surface area (Å²) in [6.45, 7) is 3.99. The van der Waals surface area contributed by atoms with E-state index < -0.39 is 28.3 Å². The molecule has 3 radical (unpaired) electrons. The maximum Gasteiger partial charge on any atom is 0.255 e. The second-order valence-electron chi connectivity index (χ2n) is 10.1. The highest BCUT2D eigenvalue weighted by molar-refractivity contribution is 6.15. The Morgan fingerprint density at radius 2 is 2.10 bits per heavy atom. The van der Waals surface area contributed by atoms with Crippen LogP contribution in [0.2, 0.25) is 0 Å². The molecule has 2 aliphatic rings. The van der Waals surface area contributed by atoms with Gasteiger partial charge in [-0.25, -0.2) is 18.4 Å². The molecule has 207 valence electrons. The van der Waals surface area contributed by atoms with Gasteiger partial charge in [0.2, 0.25) is 5.91 Å². The van der Waals surface area contributed by atoms with E-state index in [2.05, 4.69) is 44.1 Å². The second-order valence-corrected chi connectivity index (χ2v) is 11.0. The first-order chi connectivity index (χ1) is 19.0. The van der Waals surface area contributed by atoms with Gasteiger partial charge in [0.05, 0.1) is 39.1 Å². The summed E-state index contributed by atoms with van der Waals surface area (Å²) in [5.41, 5.74) is 5.46. The molecular formula is C27H28F2N7O3Si. The van der Waals surface area contributed by atoms with E-state index in [1.807, 2.05) is 0 Å². The molecule has 3 N–H and O–H groups in total. The number of nitrogens with two attached hydrogens (primary N) is 1. The van der Waals surface area contributed by atoms with E-state index in [1.165, 1.54) is 23.9 Å². The molecule has 5 rings (SSSR count). The Balaban J connectivity index is 1.60. The minimum Gasteiger partial charge on any atom is -0.383 e. The molecule has 0 unspecified atom stereocenters. The largest absolute Gasteiger partial charge is 0.383 e. The summed E-state index contributed by atoms with van der Waals surface area (Å²) < 4.78 is 39.1. The fraction of sp³-hybridized carbons (Fsp3) is 0.407. The SMILES string of the molecule is C=CC(=O)N1C[C@@]([Si])(n2nc(C#Cc3c(F)cc4c(nc(C5CC5)n4C)c3F)c(C(N)=O)c2NC)C[C@@H]1COC. The molecule has 10 nitrogen and oxygen atoms in total. The number of anilines is 1. The normalized spacial score (nSPS) is 20.4. The highest BCUT2D eigenvalue weighted by Gasteiger charge is 2.46. The van der Waals surface area contributed by atoms with Crippen molar-refractivity contribution in [1.82, 2.24) is 24.2 Å². The lowest BCUT2D eigenvalue weighted by molar-refractivity contribution is -0.127. The number of aromatic nitrogens is 4. The van der Waals surface area contributed by atoms with Gasteiger partial charge in [-0.05, 0) is 31.3 Å². The van der Waals surface area contributed by atoms with Crippen molar-refractivity contribution in [3.8, 4) is 11.8 Å². The monoisotopic (exact) mass is 564 g/mol. The number of carbonyl (C=O) groups is 2. The number of imidazole rings is 1. The maximum absolute atomic E-state index is 15.5. The number of primary amides is 1. The van der Waals surface area contributed by atoms with Crippen molar-refractivity contribution in [1.29, 1.82) is 0 Å². The average molecular weight is 565 g/mol. The van der Waals surface area contributed by atoms with Crippen LogP contribution in [-0.4, -0.2) is 79.6 Å². The lowest BCUT2D eigenvalue weighted by Crippen LogP contribution is -2.41. The molecule has 2 atom stereocenters. The highest BCUT2D eigenvalue weighted by atomic mass is 28.1. The van der Waals surface area contributed by atoms with E-state index in [4.69, 9.17) is 10.5 Å². The number of hydrogen-bond acceptors (Lipinski definition) is 6. The van der Waals surface area contributed by atoms with Crippen LogP contribution in [0.1, 0.15) is 52.6 Å². The van der Waals surface area contributed by atoms with Gasteiger partial charge in [-0.2, -0.15) is 5.10 Å². The molecule has 1 saturated heterocycles. The Morgan fingerprint density at radius 1 is 1.38 bits per heavy atom. The molecule has 0 bridgehead atoms. The van der Waals surface area contributed by atoms with Gasteiger partial charge >= 0.3 is 0 Å². The molecular weight excluding hydrogens is 536 g/mol. The van der Waals surface area contributed by atoms with E-state index in [0.717, 1.165) is 12.8 Å². The Labute approximate surface area is 233 Å². The Bertz CT molecular complexity index is 1620. The van der Waals surface area contributed by atoms with Crippen molar-refractivity contribution in [3.63, 3.8) is 0 Å². The van der Waals surface area contributed by atoms with Gasteiger partial charge in [0.15, 0.2) is 11.5 Å². The first-order valence-corrected chi connectivity index (χ1v) is 13.2. The quantitative estimate of drug-likeness (QED) is 0.256. The molecule has 40 heavy (non-hydrogen) atoms. The van der Waals surface area contributed by atoms with Crippen LogP contribution in [-0.2, 0) is 21.7 Å². The fourth-order valence-electron chi connectivity index (χ4n) is 5.34. The summed E-state index contributed by atoms with van der Waals surface area (Å²) >= 11 is 0. The number of methoxy groups -OCH3 is 1. The van der Waals surface area contributed by atoms with E-state index in [1.54, 1.807) is 23.6 Å². The number of ether oxygens (including phenoxy) is 1. The number of likely N-dealkylation sites (tertiary alicyclic amines) is 1. The number of carbonyl (C=O) groups excluding carboxylic acids is 2. The molecule has 0 spiro atoms. The van der Waals surface area contributed by atoms with Crippen molar-refractivity contribution < 1.29 is 23.1 Å². The maximum atomic E-state index is 15.5. The number of amides is 2. The standard InChI is InChI=1S/C27H28F2N7O3Si/c1-5-20(37)35-13-27(40,11-15(35)12-39-4)36-26(31-2)21(24(30)38)18(33-36)9-8-16-17(28)10-19-23(22(16)29)32-25(34(19)3)14-6-7-14/h5,10,14-15,31H,1,6-7,11-13H2,2-4H3,(H2,30,38)/t15-,27-/m1/s1. The van der Waals surface area contributed by atoms with Crippen LogP contribution < -0.4 is 11.1 Å². The lowest BCUT2D eigenvalue weighted by Gasteiger charge is -2.27. The van der Waals surface area contributed by atoms with E-state index in [-0.39, 0.29) is 53.6 Å². The van der Waals surface area contributed by atoms with Crippen molar-refractivity contribution in [3.05, 3.63) is 53.0 Å². The number of fused-ring (bicyclic) bond motifs is 1. The molecule has 2 amide bonds. The third-order valence-corrected chi connectivity index (χ3v) is 7.96. The minimum atomic E-state index is -0.979. The molecule has 2 fully saturated rings. The molecule has 1 aliphatic heterocycles. The number of rotatable bonds is 7. The van der Waals surface area contributed by atoms with Crippen molar-refractivity contribution in [2.24, 2.45) is 12.8 Å². The van der Waals surface area contributed by atoms with Gasteiger partial charge in [-0.15, -0.1) is 0 Å². The zero-order valence-electron chi connectivity index (χ0n) is 22.3. The fourth-order valence-corrected chi connectivity index (χ4v) is 5.91. The van der Waals surface area contributed by atoms with Gasteiger partial charge in [0.1, 0.15) is 28.5 Å². The summed E-state index contributed by atoms with van der Waals surface area (Å²) in [5.74, 6) is 3.47. The zero-order valence-corrected chi connectivity index (χ0v) is 23.3. The smallest absolute Gasteiger partial charge is 0.255 e. The summed E-state index contributed by atoms with van der Waals surface area (Å²) in [5, 5.41) is 6.47. The van der Waals surface area contributed by atoms with E-state index >= 15 is 8.78 Å². The van der Waals surface area contributed by atoms with E-state index in [9.17, 15) is 9.59 Å². The lowest BCUT2D eigenvalue weighted by atomic mass is 10.1. The first-order valence-electron chi connectivity index (χ1n) is 12.7. The Kier molecular flexibility index (Phi) is 7.01. The van der Waals surface area contributed by atoms with Crippen LogP contribution in [0, 0.1) is 23.5 Å². The predicted octanol–water partition coefficient (Wildman–Crippen LogP) is 1.72. The Morgan fingerprint density at radius 3 is 2.70 bits per heavy atom. The zero-order chi connectivity index (χ0) is 28.9. The van der Waals surface area contributed by atoms with Crippen LogP contribution in [0.3, 0.4) is 0 Å². The van der Waals surface area contributed by atoms with Crippen molar-refractivity contribution in [2.45, 2.75) is 36.4 Å². The van der Waals surface area contributed by atoms with Crippen molar-refractivity contribution in [2.75, 3.05) is 32.6 Å². The van der Waals surface area contributed by atoms with Gasteiger partial charge in [-0.3, -0.25) is 9.59 Å². The van der Waals surface area contributed by atoms with Gasteiger partial charge < -0.3 is 25.3 Å². The average Bonchev–Trinajstić information content (AvgIpc) is 3.48. The van der Waals surface area contributed by atoms with Crippen LogP contribution in [0.4, 0.5) is 14.6 Å². The molecule has 3 heterocycles. The number of benzene rings is 1. The topological polar surface area (TPSA) is 120 Å². The summed E-state index contributed by atoms with van der Waals surface area (Å²) in [7, 11) is 8.62. The predicted molar refractivity (Wildman–Crippen MR) is 145 cm³/mol. The number of hydrogen-bond donors (Lipinski definition) is 2. The molecule has 1 saturated carbocycles. The Hall–Kier alpha value is -4.02. The van der Waals surface area contributed by atoms with Gasteiger partial charge in [-0.1, -0.05) is 12.5 Å². The van der Waals surface area contributed by atoms with Crippen LogP contribution >= 0.6 is 0 Å². The second kappa shape index (κ2) is 10.2. The van der Waals surface area contributed by atoms with Gasteiger partial charge in [0.25, 0.3) is 5.91 Å². The molecule has 1 aliphatic carbocycles. The summed E-state index contributed by atoms with van der Waals surface area (Å²) in [6.07, 6.45) is 3.49. The molecule has 13 heteroatoms.